The second-order valence-electron chi connectivity index (χ2n) is 8.32. The fourth-order valence-corrected chi connectivity index (χ4v) is 4.33. The molecular weight excluding hydrogens is 492 g/mol. The van der Waals surface area contributed by atoms with E-state index in [-0.39, 0.29) is 17.8 Å². The number of fused-ring (bicyclic) bond motifs is 3. The molecule has 0 spiro atoms. The number of rotatable bonds is 9. The molecule has 37 heavy (non-hydrogen) atoms. The highest BCUT2D eigenvalue weighted by molar-refractivity contribution is 7.98. The van der Waals surface area contributed by atoms with E-state index < -0.39 is 6.23 Å². The first-order chi connectivity index (χ1) is 18.0. The van der Waals surface area contributed by atoms with Gasteiger partial charge in [-0.15, -0.1) is 10.2 Å². The average Bonchev–Trinajstić information content (AvgIpc) is 3.04. The Hall–Kier alpha value is -3.66. The molecule has 1 amide bonds. The number of anilines is 1. The molecule has 3 aromatic rings. The summed E-state index contributed by atoms with van der Waals surface area (Å²) in [4.78, 5) is 31.9. The fraction of sp³-hybridized carbons (Fsp3) is 0.370. The van der Waals surface area contributed by atoms with E-state index in [1.54, 1.807) is 23.1 Å². The van der Waals surface area contributed by atoms with Gasteiger partial charge in [-0.3, -0.25) is 14.5 Å². The molecule has 10 heteroatoms. The predicted molar refractivity (Wildman–Crippen MR) is 141 cm³/mol. The van der Waals surface area contributed by atoms with Gasteiger partial charge in [0.15, 0.2) is 17.2 Å². The van der Waals surface area contributed by atoms with Gasteiger partial charge in [0.05, 0.1) is 12.3 Å². The van der Waals surface area contributed by atoms with Crippen LogP contribution in [0, 0.1) is 0 Å². The molecule has 0 radical (unpaired) electrons. The summed E-state index contributed by atoms with van der Waals surface area (Å²) in [6.07, 6.45) is 2.96. The number of hydrogen-bond acceptors (Lipinski definition) is 9. The molecule has 194 valence electrons. The van der Waals surface area contributed by atoms with Crippen LogP contribution in [0.25, 0.3) is 11.3 Å². The van der Waals surface area contributed by atoms with Crippen molar-refractivity contribution in [1.82, 2.24) is 15.2 Å². The minimum absolute atomic E-state index is 0.109. The summed E-state index contributed by atoms with van der Waals surface area (Å²) in [6.45, 7) is 6.08. The summed E-state index contributed by atoms with van der Waals surface area (Å²) in [6, 6.07) is 12.7. The van der Waals surface area contributed by atoms with Gasteiger partial charge in [-0.2, -0.15) is 4.98 Å². The maximum absolute atomic E-state index is 13.6. The number of hydrogen-bond donors (Lipinski definition) is 0. The Balaban J connectivity index is 1.87. The highest BCUT2D eigenvalue weighted by atomic mass is 32.2. The molecule has 2 heterocycles. The zero-order chi connectivity index (χ0) is 26.4. The minimum Gasteiger partial charge on any atom is -0.490 e. The van der Waals surface area contributed by atoms with Gasteiger partial charge < -0.3 is 14.2 Å². The molecule has 0 fully saturated rings. The monoisotopic (exact) mass is 522 g/mol. The molecule has 4 rings (SSSR count). The standard InChI is InChI=1S/C27H30N4O5S/c1-5-10-22(32)31-19-13-9-8-12-18(19)24-25(28-27(37-4)30-29-24)36-26(31)17-14-15-20(21(16-17)34-7-3)35-23(33)11-6-2/h8-9,12-16,26H,5-7,10-11H2,1-4H3/t26-/m0/s1. The molecule has 9 nitrogen and oxygen atoms in total. The van der Waals surface area contributed by atoms with E-state index in [4.69, 9.17) is 14.2 Å². The molecule has 1 atom stereocenters. The van der Waals surface area contributed by atoms with Crippen LogP contribution in [0.4, 0.5) is 5.69 Å². The van der Waals surface area contributed by atoms with Crippen LogP contribution in [0.2, 0.25) is 0 Å². The Labute approximate surface area is 220 Å². The molecule has 1 aliphatic rings. The highest BCUT2D eigenvalue weighted by Crippen LogP contribution is 2.44. The Bertz CT molecular complexity index is 1290. The van der Waals surface area contributed by atoms with Gasteiger partial charge in [-0.1, -0.05) is 43.8 Å². The van der Waals surface area contributed by atoms with Crippen molar-refractivity contribution in [2.75, 3.05) is 17.8 Å². The molecule has 1 aromatic heterocycles. The molecule has 0 N–H and O–H groups in total. The summed E-state index contributed by atoms with van der Waals surface area (Å²) in [5.41, 5.74) is 2.44. The number of nitrogens with zero attached hydrogens (tertiary/aromatic N) is 4. The summed E-state index contributed by atoms with van der Waals surface area (Å²) < 4.78 is 17.8. The second kappa shape index (κ2) is 12.1. The van der Waals surface area contributed by atoms with Crippen molar-refractivity contribution in [3.05, 3.63) is 48.0 Å². The molecule has 1 aliphatic heterocycles. The lowest BCUT2D eigenvalue weighted by molar-refractivity contribution is -0.134. The molecular formula is C27H30N4O5S. The fourth-order valence-electron chi connectivity index (χ4n) is 4.03. The number of esters is 1. The summed E-state index contributed by atoms with van der Waals surface area (Å²) >= 11 is 1.35. The zero-order valence-corrected chi connectivity index (χ0v) is 22.2. The smallest absolute Gasteiger partial charge is 0.311 e. The van der Waals surface area contributed by atoms with E-state index in [0.29, 0.717) is 71.5 Å². The van der Waals surface area contributed by atoms with Crippen LogP contribution in [0.3, 0.4) is 0 Å². The maximum atomic E-state index is 13.6. The minimum atomic E-state index is -0.868. The van der Waals surface area contributed by atoms with Gasteiger partial charge in [0.25, 0.3) is 0 Å². The molecule has 0 saturated carbocycles. The van der Waals surface area contributed by atoms with Crippen LogP contribution in [-0.2, 0) is 9.59 Å². The van der Waals surface area contributed by atoms with E-state index in [2.05, 4.69) is 15.2 Å². The van der Waals surface area contributed by atoms with E-state index in [9.17, 15) is 9.59 Å². The van der Waals surface area contributed by atoms with Crippen molar-refractivity contribution in [2.24, 2.45) is 0 Å². The Morgan fingerprint density at radius 3 is 2.54 bits per heavy atom. The molecule has 0 unspecified atom stereocenters. The van der Waals surface area contributed by atoms with Gasteiger partial charge >= 0.3 is 5.97 Å². The number of carbonyl (C=O) groups excluding carboxylic acids is 2. The predicted octanol–water partition coefficient (Wildman–Crippen LogP) is 5.59. The normalized spacial score (nSPS) is 14.2. The van der Waals surface area contributed by atoms with Crippen LogP contribution < -0.4 is 19.1 Å². The van der Waals surface area contributed by atoms with Gasteiger partial charge in [-0.05, 0) is 50.3 Å². The lowest BCUT2D eigenvalue weighted by Crippen LogP contribution is -2.37. The second-order valence-corrected chi connectivity index (χ2v) is 9.09. The van der Waals surface area contributed by atoms with E-state index in [1.165, 1.54) is 11.8 Å². The van der Waals surface area contributed by atoms with Crippen LogP contribution >= 0.6 is 11.8 Å². The Morgan fingerprint density at radius 1 is 1.03 bits per heavy atom. The molecule has 0 saturated heterocycles. The quantitative estimate of drug-likeness (QED) is 0.202. The average molecular weight is 523 g/mol. The third-order valence-corrected chi connectivity index (χ3v) is 6.20. The zero-order valence-electron chi connectivity index (χ0n) is 21.4. The number of thioether (sulfide) groups is 1. The third-order valence-electron chi connectivity index (χ3n) is 5.66. The topological polar surface area (TPSA) is 104 Å². The van der Waals surface area contributed by atoms with Crippen LogP contribution in [0.15, 0.2) is 47.6 Å². The first-order valence-corrected chi connectivity index (χ1v) is 13.6. The number of benzene rings is 2. The molecule has 2 aromatic carbocycles. The highest BCUT2D eigenvalue weighted by Gasteiger charge is 2.36. The number of amides is 1. The lowest BCUT2D eigenvalue weighted by Gasteiger charge is -2.31. The lowest BCUT2D eigenvalue weighted by atomic mass is 10.1. The van der Waals surface area contributed by atoms with E-state index in [1.807, 2.05) is 51.3 Å². The van der Waals surface area contributed by atoms with Gasteiger partial charge in [-0.25, -0.2) is 0 Å². The first-order valence-electron chi connectivity index (χ1n) is 12.3. The van der Waals surface area contributed by atoms with Crippen molar-refractivity contribution < 1.29 is 23.8 Å². The van der Waals surface area contributed by atoms with E-state index >= 15 is 0 Å². The van der Waals surface area contributed by atoms with Crippen molar-refractivity contribution in [3.63, 3.8) is 0 Å². The Kier molecular flexibility index (Phi) is 8.60. The van der Waals surface area contributed by atoms with Crippen LogP contribution in [0.1, 0.15) is 58.2 Å². The molecule has 0 aliphatic carbocycles. The SMILES string of the molecule is CCCC(=O)Oc1ccc([C@@H]2Oc3nc(SC)nnc3-c3ccccc3N2C(=O)CCC)cc1OCC. The van der Waals surface area contributed by atoms with Gasteiger partial charge in [0.1, 0.15) is 0 Å². The molecule has 0 bridgehead atoms. The van der Waals surface area contributed by atoms with Crippen molar-refractivity contribution in [3.8, 4) is 28.6 Å². The number of carbonyl (C=O) groups is 2. The van der Waals surface area contributed by atoms with Gasteiger partial charge in [0.2, 0.25) is 23.2 Å². The van der Waals surface area contributed by atoms with Crippen molar-refractivity contribution in [2.45, 2.75) is 57.8 Å². The van der Waals surface area contributed by atoms with Crippen molar-refractivity contribution in [1.29, 1.82) is 0 Å². The number of para-hydroxylation sites is 1. The summed E-state index contributed by atoms with van der Waals surface area (Å²) in [5.74, 6) is 0.539. The first kappa shape index (κ1) is 26.4. The largest absolute Gasteiger partial charge is 0.490 e. The van der Waals surface area contributed by atoms with Crippen molar-refractivity contribution >= 4 is 29.3 Å². The number of ether oxygens (including phenoxy) is 3. The van der Waals surface area contributed by atoms with Crippen LogP contribution in [-0.4, -0.2) is 39.9 Å². The third kappa shape index (κ3) is 5.69. The van der Waals surface area contributed by atoms with E-state index in [0.717, 1.165) is 0 Å². The van der Waals surface area contributed by atoms with Crippen LogP contribution in [0.5, 0.6) is 17.4 Å². The summed E-state index contributed by atoms with van der Waals surface area (Å²) in [5, 5.41) is 9.04. The van der Waals surface area contributed by atoms with Gasteiger partial charge in [0, 0.05) is 24.0 Å². The number of aromatic nitrogens is 3. The Morgan fingerprint density at radius 2 is 1.81 bits per heavy atom. The summed E-state index contributed by atoms with van der Waals surface area (Å²) in [7, 11) is 0. The maximum Gasteiger partial charge on any atom is 0.311 e.